The number of aromatic amines is 2. The zero-order valence-electron chi connectivity index (χ0n) is 8.36. The van der Waals surface area contributed by atoms with E-state index in [1.165, 1.54) is 6.07 Å². The first-order chi connectivity index (χ1) is 7.66. The largest absolute Gasteiger partial charge is 0.477 e. The number of ketones is 1. The number of aromatic carboxylic acids is 1. The number of nitrogens with one attached hydrogen (secondary N) is 2. The van der Waals surface area contributed by atoms with Gasteiger partial charge in [0.15, 0.2) is 5.78 Å². The first kappa shape index (κ1) is 10.2. The molecule has 82 valence electrons. The highest BCUT2D eigenvalue weighted by molar-refractivity contribution is 5.95. The van der Waals surface area contributed by atoms with Crippen molar-refractivity contribution >= 4 is 11.8 Å². The lowest BCUT2D eigenvalue weighted by Gasteiger charge is -1.95. The molecule has 0 bridgehead atoms. The molecule has 0 aliphatic heterocycles. The van der Waals surface area contributed by atoms with Crippen LogP contribution < -0.4 is 0 Å². The van der Waals surface area contributed by atoms with Gasteiger partial charge in [0, 0.05) is 11.9 Å². The van der Waals surface area contributed by atoms with Gasteiger partial charge < -0.3 is 15.1 Å². The molecular formula is C11H10N2O3. The fourth-order valence-corrected chi connectivity index (χ4v) is 1.44. The summed E-state index contributed by atoms with van der Waals surface area (Å²) in [6, 6.07) is 6.47. The molecular weight excluding hydrogens is 208 g/mol. The van der Waals surface area contributed by atoms with Gasteiger partial charge in [-0.2, -0.15) is 0 Å². The Labute approximate surface area is 91.1 Å². The van der Waals surface area contributed by atoms with Gasteiger partial charge in [-0.15, -0.1) is 0 Å². The molecule has 0 saturated carbocycles. The fourth-order valence-electron chi connectivity index (χ4n) is 1.44. The number of H-pyrrole nitrogens is 2. The minimum Gasteiger partial charge on any atom is -0.477 e. The molecule has 0 aromatic carbocycles. The summed E-state index contributed by atoms with van der Waals surface area (Å²) >= 11 is 0. The minimum atomic E-state index is -1.03. The molecule has 0 spiro atoms. The van der Waals surface area contributed by atoms with E-state index < -0.39 is 5.97 Å². The van der Waals surface area contributed by atoms with Crippen LogP contribution in [0.4, 0.5) is 0 Å². The molecule has 5 nitrogen and oxygen atoms in total. The van der Waals surface area contributed by atoms with Crippen molar-refractivity contribution in [3.05, 3.63) is 47.5 Å². The molecule has 0 fully saturated rings. The first-order valence-electron chi connectivity index (χ1n) is 4.74. The number of hydrogen-bond donors (Lipinski definition) is 3. The summed E-state index contributed by atoms with van der Waals surface area (Å²) in [6.07, 6.45) is 1.83. The van der Waals surface area contributed by atoms with E-state index in [4.69, 9.17) is 5.11 Å². The van der Waals surface area contributed by atoms with E-state index in [1.54, 1.807) is 24.4 Å². The molecule has 2 rings (SSSR count). The Hall–Kier alpha value is -2.30. The molecule has 2 aromatic heterocycles. The molecule has 0 saturated heterocycles. The van der Waals surface area contributed by atoms with E-state index in [1.807, 2.05) is 0 Å². The Morgan fingerprint density at radius 2 is 2.00 bits per heavy atom. The zero-order valence-corrected chi connectivity index (χ0v) is 8.36. The highest BCUT2D eigenvalue weighted by atomic mass is 16.4. The average molecular weight is 218 g/mol. The Kier molecular flexibility index (Phi) is 2.59. The third kappa shape index (κ3) is 2.03. The zero-order chi connectivity index (χ0) is 11.5. The molecule has 0 atom stereocenters. The maximum Gasteiger partial charge on any atom is 0.352 e. The normalized spacial score (nSPS) is 10.2. The standard InChI is InChI=1S/C11H10N2O3/c14-10(8-2-1-5-12-8)6-7-3-4-9(13-7)11(15)16/h1-5,12-13H,6H2,(H,15,16). The van der Waals surface area contributed by atoms with Crippen LogP contribution in [-0.4, -0.2) is 26.8 Å². The van der Waals surface area contributed by atoms with Crippen LogP contribution in [0.3, 0.4) is 0 Å². The van der Waals surface area contributed by atoms with E-state index in [9.17, 15) is 9.59 Å². The van der Waals surface area contributed by atoms with E-state index in [0.717, 1.165) is 0 Å². The van der Waals surface area contributed by atoms with E-state index in [-0.39, 0.29) is 17.9 Å². The van der Waals surface area contributed by atoms with Crippen LogP contribution in [0.15, 0.2) is 30.5 Å². The number of hydrogen-bond acceptors (Lipinski definition) is 2. The molecule has 2 aromatic rings. The van der Waals surface area contributed by atoms with Crippen molar-refractivity contribution in [2.24, 2.45) is 0 Å². The number of carbonyl (C=O) groups excluding carboxylic acids is 1. The highest BCUT2D eigenvalue weighted by Crippen LogP contribution is 2.06. The van der Waals surface area contributed by atoms with Crippen molar-refractivity contribution in [1.29, 1.82) is 0 Å². The van der Waals surface area contributed by atoms with Gasteiger partial charge >= 0.3 is 5.97 Å². The maximum absolute atomic E-state index is 11.7. The van der Waals surface area contributed by atoms with Crippen molar-refractivity contribution in [3.63, 3.8) is 0 Å². The predicted octanol–water partition coefficient (Wildman–Crippen LogP) is 1.47. The molecule has 16 heavy (non-hydrogen) atoms. The Balaban J connectivity index is 2.09. The summed E-state index contributed by atoms with van der Waals surface area (Å²) < 4.78 is 0. The van der Waals surface area contributed by atoms with Gasteiger partial charge in [-0.1, -0.05) is 0 Å². The molecule has 0 unspecified atom stereocenters. The molecule has 5 heteroatoms. The number of Topliss-reactive ketones (excluding diaryl/α,β-unsaturated/α-hetero) is 1. The van der Waals surface area contributed by atoms with Crippen molar-refractivity contribution in [1.82, 2.24) is 9.97 Å². The fraction of sp³-hybridized carbons (Fsp3) is 0.0909. The van der Waals surface area contributed by atoms with Crippen molar-refractivity contribution in [3.8, 4) is 0 Å². The van der Waals surface area contributed by atoms with Crippen molar-refractivity contribution in [2.75, 3.05) is 0 Å². The SMILES string of the molecule is O=C(O)c1ccc(CC(=O)c2ccc[nH]2)[nH]1. The predicted molar refractivity (Wildman–Crippen MR) is 56.6 cm³/mol. The van der Waals surface area contributed by atoms with Crippen LogP contribution in [-0.2, 0) is 6.42 Å². The second kappa shape index (κ2) is 4.06. The average Bonchev–Trinajstić information content (AvgIpc) is 2.87. The summed E-state index contributed by atoms with van der Waals surface area (Å²) in [4.78, 5) is 27.7. The van der Waals surface area contributed by atoms with Gasteiger partial charge in [0.25, 0.3) is 0 Å². The second-order valence-electron chi connectivity index (χ2n) is 3.39. The third-order valence-electron chi connectivity index (χ3n) is 2.23. The molecule has 0 aliphatic carbocycles. The van der Waals surface area contributed by atoms with Crippen LogP contribution in [0, 0.1) is 0 Å². The Bertz CT molecular complexity index is 511. The monoisotopic (exact) mass is 218 g/mol. The van der Waals surface area contributed by atoms with E-state index in [0.29, 0.717) is 11.4 Å². The first-order valence-corrected chi connectivity index (χ1v) is 4.74. The van der Waals surface area contributed by atoms with Crippen LogP contribution in [0.1, 0.15) is 26.7 Å². The smallest absolute Gasteiger partial charge is 0.352 e. The summed E-state index contributed by atoms with van der Waals surface area (Å²) in [6.45, 7) is 0. The second-order valence-corrected chi connectivity index (χ2v) is 3.39. The molecule has 0 aliphatic rings. The maximum atomic E-state index is 11.7. The molecule has 3 N–H and O–H groups in total. The van der Waals surface area contributed by atoms with Crippen molar-refractivity contribution < 1.29 is 14.7 Å². The summed E-state index contributed by atoms with van der Waals surface area (Å²) in [7, 11) is 0. The van der Waals surface area contributed by atoms with Gasteiger partial charge in [-0.3, -0.25) is 4.79 Å². The lowest BCUT2D eigenvalue weighted by molar-refractivity contribution is 0.0690. The van der Waals surface area contributed by atoms with Crippen LogP contribution in [0.25, 0.3) is 0 Å². The van der Waals surface area contributed by atoms with Crippen molar-refractivity contribution in [2.45, 2.75) is 6.42 Å². The Morgan fingerprint density at radius 3 is 2.56 bits per heavy atom. The number of rotatable bonds is 4. The lowest BCUT2D eigenvalue weighted by Crippen LogP contribution is -2.05. The summed E-state index contributed by atoms with van der Waals surface area (Å²) in [5, 5.41) is 8.69. The minimum absolute atomic E-state index is 0.0798. The highest BCUT2D eigenvalue weighted by Gasteiger charge is 2.11. The number of carboxylic acid groups (broad SMARTS) is 1. The third-order valence-corrected chi connectivity index (χ3v) is 2.23. The number of carbonyl (C=O) groups is 2. The lowest BCUT2D eigenvalue weighted by atomic mass is 10.2. The van der Waals surface area contributed by atoms with Crippen LogP contribution in [0.2, 0.25) is 0 Å². The quantitative estimate of drug-likeness (QED) is 0.679. The molecule has 2 heterocycles. The summed E-state index contributed by atoms with van der Waals surface area (Å²) in [5.74, 6) is -1.11. The van der Waals surface area contributed by atoms with Gasteiger partial charge in [0.1, 0.15) is 5.69 Å². The molecule has 0 amide bonds. The van der Waals surface area contributed by atoms with E-state index >= 15 is 0 Å². The van der Waals surface area contributed by atoms with Gasteiger partial charge in [-0.25, -0.2) is 4.79 Å². The summed E-state index contributed by atoms with van der Waals surface area (Å²) in [5.41, 5.74) is 1.21. The van der Waals surface area contributed by atoms with Gasteiger partial charge in [-0.05, 0) is 24.3 Å². The number of aromatic nitrogens is 2. The molecule has 0 radical (unpaired) electrons. The van der Waals surface area contributed by atoms with Gasteiger partial charge in [0.05, 0.1) is 12.1 Å². The van der Waals surface area contributed by atoms with Crippen LogP contribution >= 0.6 is 0 Å². The van der Waals surface area contributed by atoms with E-state index in [2.05, 4.69) is 9.97 Å². The Morgan fingerprint density at radius 1 is 1.19 bits per heavy atom. The van der Waals surface area contributed by atoms with Gasteiger partial charge in [0.2, 0.25) is 0 Å². The number of carboxylic acids is 1. The topological polar surface area (TPSA) is 85.9 Å². The van der Waals surface area contributed by atoms with Crippen LogP contribution in [0.5, 0.6) is 0 Å².